The van der Waals surface area contributed by atoms with E-state index in [1.165, 1.54) is 22.3 Å². The van der Waals surface area contributed by atoms with Crippen LogP contribution in [0.2, 0.25) is 0 Å². The fourth-order valence-corrected chi connectivity index (χ4v) is 4.01. The van der Waals surface area contributed by atoms with Gasteiger partial charge in [-0.2, -0.15) is 13.2 Å². The quantitative estimate of drug-likeness (QED) is 0.772. The van der Waals surface area contributed by atoms with Crippen LogP contribution in [-0.4, -0.2) is 60.9 Å². The van der Waals surface area contributed by atoms with E-state index in [1.807, 2.05) is 0 Å². The third-order valence-corrected chi connectivity index (χ3v) is 6.44. The van der Waals surface area contributed by atoms with Crippen LogP contribution < -0.4 is 0 Å². The predicted octanol–water partition coefficient (Wildman–Crippen LogP) is 2.47. The van der Waals surface area contributed by atoms with Crippen LogP contribution in [0.25, 0.3) is 0 Å². The zero-order chi connectivity index (χ0) is 20.0. The van der Waals surface area contributed by atoms with Gasteiger partial charge >= 0.3 is 6.18 Å². The molecule has 1 amide bonds. The van der Waals surface area contributed by atoms with Gasteiger partial charge in [-0.25, -0.2) is 17.7 Å². The van der Waals surface area contributed by atoms with Crippen LogP contribution in [0.1, 0.15) is 53.3 Å². The minimum atomic E-state index is -4.62. The van der Waals surface area contributed by atoms with Crippen molar-refractivity contribution in [2.24, 2.45) is 0 Å². The Kier molecular flexibility index (Phi) is 5.24. The number of pyridine rings is 1. The van der Waals surface area contributed by atoms with Gasteiger partial charge in [-0.15, -0.1) is 0 Å². The van der Waals surface area contributed by atoms with E-state index in [2.05, 4.69) is 4.98 Å². The molecule has 2 aliphatic rings. The number of aromatic nitrogens is 1. The lowest BCUT2D eigenvalue weighted by molar-refractivity contribution is -0.141. The maximum Gasteiger partial charge on any atom is 0.433 e. The van der Waals surface area contributed by atoms with Crippen LogP contribution in [0, 0.1) is 0 Å². The van der Waals surface area contributed by atoms with Gasteiger partial charge in [-0.1, -0.05) is 0 Å². The minimum Gasteiger partial charge on any atom is -0.337 e. The zero-order valence-electron chi connectivity index (χ0n) is 15.2. The number of halogens is 3. The third-order valence-electron chi connectivity index (χ3n) is 5.10. The largest absolute Gasteiger partial charge is 0.433 e. The van der Waals surface area contributed by atoms with E-state index in [-0.39, 0.29) is 24.1 Å². The molecule has 1 aliphatic carbocycles. The van der Waals surface area contributed by atoms with Gasteiger partial charge < -0.3 is 4.90 Å². The zero-order valence-corrected chi connectivity index (χ0v) is 16.0. The molecule has 1 aromatic rings. The summed E-state index contributed by atoms with van der Waals surface area (Å²) in [6, 6.07) is 1.85. The molecule has 1 atom stereocenters. The van der Waals surface area contributed by atoms with Crippen molar-refractivity contribution in [3.8, 4) is 0 Å². The van der Waals surface area contributed by atoms with E-state index in [9.17, 15) is 26.4 Å². The van der Waals surface area contributed by atoms with Crippen molar-refractivity contribution in [3.63, 3.8) is 0 Å². The summed E-state index contributed by atoms with van der Waals surface area (Å²) in [5.41, 5.74) is -0.797. The SMILES string of the molecule is CN(C1CCCN(C(=O)c2cc(C3CC3)nc(C(F)(F)F)c2)C1)S(C)(=O)=O. The molecule has 1 aromatic heterocycles. The molecular weight excluding hydrogens is 383 g/mol. The van der Waals surface area contributed by atoms with Crippen molar-refractivity contribution in [3.05, 3.63) is 29.1 Å². The number of hydrogen-bond donors (Lipinski definition) is 0. The number of alkyl halides is 3. The van der Waals surface area contributed by atoms with E-state index in [0.717, 1.165) is 25.2 Å². The summed E-state index contributed by atoms with van der Waals surface area (Å²) in [6.45, 7) is 0.542. The van der Waals surface area contributed by atoms with Gasteiger partial charge in [-0.3, -0.25) is 4.79 Å². The topological polar surface area (TPSA) is 70.6 Å². The monoisotopic (exact) mass is 405 g/mol. The predicted molar refractivity (Wildman–Crippen MR) is 92.7 cm³/mol. The number of piperidine rings is 1. The Morgan fingerprint density at radius 1 is 1.26 bits per heavy atom. The summed E-state index contributed by atoms with van der Waals surface area (Å²) in [7, 11) is -1.96. The molecule has 0 N–H and O–H groups in total. The van der Waals surface area contributed by atoms with Gasteiger partial charge in [0.05, 0.1) is 6.26 Å². The highest BCUT2D eigenvalue weighted by Crippen LogP contribution is 2.41. The summed E-state index contributed by atoms with van der Waals surface area (Å²) in [5, 5.41) is 0. The first-order valence-electron chi connectivity index (χ1n) is 8.78. The van der Waals surface area contributed by atoms with E-state index in [1.54, 1.807) is 0 Å². The maximum absolute atomic E-state index is 13.2. The van der Waals surface area contributed by atoms with Crippen LogP contribution in [-0.2, 0) is 16.2 Å². The van der Waals surface area contributed by atoms with Gasteiger partial charge in [-0.05, 0) is 37.8 Å². The van der Waals surface area contributed by atoms with Gasteiger partial charge in [0.15, 0.2) is 0 Å². The number of nitrogens with zero attached hydrogens (tertiary/aromatic N) is 3. The number of likely N-dealkylation sites (tertiary alicyclic amines) is 1. The number of sulfonamides is 1. The van der Waals surface area contributed by atoms with E-state index < -0.39 is 27.8 Å². The van der Waals surface area contributed by atoms with E-state index >= 15 is 0 Å². The Bertz CT molecular complexity index is 838. The average molecular weight is 405 g/mol. The van der Waals surface area contributed by atoms with Crippen molar-refractivity contribution < 1.29 is 26.4 Å². The van der Waals surface area contributed by atoms with Crippen LogP contribution in [0.3, 0.4) is 0 Å². The number of likely N-dealkylation sites (N-methyl/N-ethyl adjacent to an activating group) is 1. The number of carbonyl (C=O) groups is 1. The Morgan fingerprint density at radius 2 is 1.93 bits per heavy atom. The highest BCUT2D eigenvalue weighted by Gasteiger charge is 2.37. The Morgan fingerprint density at radius 3 is 2.48 bits per heavy atom. The first-order chi connectivity index (χ1) is 12.5. The lowest BCUT2D eigenvalue weighted by Crippen LogP contribution is -2.50. The summed E-state index contributed by atoms with van der Waals surface area (Å²) in [6.07, 6.45) is -0.803. The van der Waals surface area contributed by atoms with Crippen molar-refractivity contribution in [1.29, 1.82) is 0 Å². The van der Waals surface area contributed by atoms with Crippen LogP contribution in [0.5, 0.6) is 0 Å². The number of carbonyl (C=O) groups excluding carboxylic acids is 1. The third kappa shape index (κ3) is 4.60. The summed E-state index contributed by atoms with van der Waals surface area (Å²) >= 11 is 0. The van der Waals surface area contributed by atoms with Crippen molar-refractivity contribution in [1.82, 2.24) is 14.2 Å². The molecule has 0 aromatic carbocycles. The first kappa shape index (κ1) is 20.1. The maximum atomic E-state index is 13.2. The highest BCUT2D eigenvalue weighted by atomic mass is 32.2. The molecule has 2 heterocycles. The second-order valence-corrected chi connectivity index (χ2v) is 9.31. The lowest BCUT2D eigenvalue weighted by Gasteiger charge is -2.36. The Balaban J connectivity index is 1.85. The van der Waals surface area contributed by atoms with Crippen molar-refractivity contribution >= 4 is 15.9 Å². The molecule has 1 saturated carbocycles. The fraction of sp³-hybridized carbons (Fsp3) is 0.647. The molecule has 0 radical (unpaired) electrons. The molecule has 0 spiro atoms. The minimum absolute atomic E-state index is 0.0238. The van der Waals surface area contributed by atoms with Crippen LogP contribution >= 0.6 is 0 Å². The summed E-state index contributed by atoms with van der Waals surface area (Å²) in [5.74, 6) is -0.541. The average Bonchev–Trinajstić information content (AvgIpc) is 3.43. The Hall–Kier alpha value is -1.68. The molecule has 3 rings (SSSR count). The molecule has 2 fully saturated rings. The smallest absolute Gasteiger partial charge is 0.337 e. The molecule has 150 valence electrons. The fourth-order valence-electron chi connectivity index (χ4n) is 3.30. The van der Waals surface area contributed by atoms with Gasteiger partial charge in [0.25, 0.3) is 5.91 Å². The number of hydrogen-bond acceptors (Lipinski definition) is 4. The molecule has 1 saturated heterocycles. The highest BCUT2D eigenvalue weighted by molar-refractivity contribution is 7.88. The number of rotatable bonds is 4. The normalized spacial score (nSPS) is 21.6. The van der Waals surface area contributed by atoms with E-state index in [0.29, 0.717) is 25.1 Å². The molecule has 1 aliphatic heterocycles. The molecule has 10 heteroatoms. The second-order valence-electron chi connectivity index (χ2n) is 7.26. The number of amides is 1. The molecule has 27 heavy (non-hydrogen) atoms. The van der Waals surface area contributed by atoms with Crippen molar-refractivity contribution in [2.75, 3.05) is 26.4 Å². The van der Waals surface area contributed by atoms with Crippen molar-refractivity contribution in [2.45, 2.75) is 43.8 Å². The lowest BCUT2D eigenvalue weighted by atomic mass is 10.0. The molecule has 6 nitrogen and oxygen atoms in total. The summed E-state index contributed by atoms with van der Waals surface area (Å²) in [4.78, 5) is 18.0. The van der Waals surface area contributed by atoms with Crippen LogP contribution in [0.4, 0.5) is 13.2 Å². The molecule has 0 bridgehead atoms. The van der Waals surface area contributed by atoms with E-state index in [4.69, 9.17) is 0 Å². The first-order valence-corrected chi connectivity index (χ1v) is 10.6. The molecular formula is C17H22F3N3O3S. The second kappa shape index (κ2) is 7.05. The van der Waals surface area contributed by atoms with Gasteiger partial charge in [0, 0.05) is 43.4 Å². The summed E-state index contributed by atoms with van der Waals surface area (Å²) < 4.78 is 64.2. The standard InChI is InChI=1S/C17H22F3N3O3S/c1-22(27(2,25)26)13-4-3-7-23(10-13)16(24)12-8-14(11-5-6-11)21-15(9-12)17(18,19)20/h8-9,11,13H,3-7,10H2,1-2H3. The Labute approximate surface area is 156 Å². The molecule has 1 unspecified atom stereocenters. The van der Waals surface area contributed by atoms with Crippen LogP contribution in [0.15, 0.2) is 12.1 Å². The van der Waals surface area contributed by atoms with Gasteiger partial charge in [0.1, 0.15) is 5.69 Å². The van der Waals surface area contributed by atoms with Gasteiger partial charge in [0.2, 0.25) is 10.0 Å².